The third kappa shape index (κ3) is 2.84. The summed E-state index contributed by atoms with van der Waals surface area (Å²) < 4.78 is 38.6. The van der Waals surface area contributed by atoms with E-state index in [0.717, 1.165) is 31.6 Å². The SMILES string of the molecule is O=C(N1CCCNCC1)C1(c2cccc(C(F)(F)F)c2)CC1. The van der Waals surface area contributed by atoms with Crippen LogP contribution in [0.2, 0.25) is 0 Å². The van der Waals surface area contributed by atoms with Gasteiger partial charge in [-0.1, -0.05) is 18.2 Å². The van der Waals surface area contributed by atoms with Crippen LogP contribution in [0, 0.1) is 0 Å². The molecule has 1 aliphatic heterocycles. The smallest absolute Gasteiger partial charge is 0.341 e. The lowest BCUT2D eigenvalue weighted by Gasteiger charge is -2.26. The number of amides is 1. The van der Waals surface area contributed by atoms with Crippen molar-refractivity contribution >= 4 is 5.91 Å². The van der Waals surface area contributed by atoms with Gasteiger partial charge in [0.25, 0.3) is 0 Å². The Balaban J connectivity index is 1.85. The molecule has 0 aromatic heterocycles. The number of nitrogens with zero attached hydrogens (tertiary/aromatic N) is 1. The molecule has 0 radical (unpaired) electrons. The minimum Gasteiger partial charge on any atom is -0.341 e. The second kappa shape index (κ2) is 5.57. The van der Waals surface area contributed by atoms with E-state index in [4.69, 9.17) is 0 Å². The maximum absolute atomic E-state index is 12.9. The summed E-state index contributed by atoms with van der Waals surface area (Å²) in [6.45, 7) is 2.91. The van der Waals surface area contributed by atoms with Gasteiger partial charge in [0.2, 0.25) is 5.91 Å². The Kier molecular flexibility index (Phi) is 3.89. The predicted molar refractivity (Wildman–Crippen MR) is 76.4 cm³/mol. The molecule has 1 heterocycles. The molecule has 22 heavy (non-hydrogen) atoms. The molecule has 1 N–H and O–H groups in total. The maximum Gasteiger partial charge on any atom is 0.416 e. The van der Waals surface area contributed by atoms with Crippen LogP contribution in [0.15, 0.2) is 24.3 Å². The second-order valence-electron chi connectivity index (χ2n) is 6.06. The van der Waals surface area contributed by atoms with Gasteiger partial charge in [-0.3, -0.25) is 4.79 Å². The molecule has 6 heteroatoms. The van der Waals surface area contributed by atoms with Crippen molar-refractivity contribution in [3.05, 3.63) is 35.4 Å². The molecule has 0 unspecified atom stereocenters. The summed E-state index contributed by atoms with van der Waals surface area (Å²) in [4.78, 5) is 14.6. The number of benzene rings is 1. The van der Waals surface area contributed by atoms with Crippen molar-refractivity contribution in [3.8, 4) is 0 Å². The fraction of sp³-hybridized carbons (Fsp3) is 0.562. The van der Waals surface area contributed by atoms with Crippen LogP contribution in [0.1, 0.15) is 30.4 Å². The Morgan fingerprint density at radius 1 is 1.18 bits per heavy atom. The van der Waals surface area contributed by atoms with E-state index in [-0.39, 0.29) is 5.91 Å². The van der Waals surface area contributed by atoms with Gasteiger partial charge in [-0.05, 0) is 37.4 Å². The molecule has 1 amide bonds. The lowest BCUT2D eigenvalue weighted by atomic mass is 9.92. The molecule has 2 aliphatic rings. The van der Waals surface area contributed by atoms with Crippen molar-refractivity contribution < 1.29 is 18.0 Å². The minimum atomic E-state index is -4.37. The van der Waals surface area contributed by atoms with E-state index in [9.17, 15) is 18.0 Å². The molecule has 0 atom stereocenters. The molecule has 3 nitrogen and oxygen atoms in total. The van der Waals surface area contributed by atoms with Crippen molar-refractivity contribution in [1.29, 1.82) is 0 Å². The highest BCUT2D eigenvalue weighted by molar-refractivity contribution is 5.91. The van der Waals surface area contributed by atoms with Crippen LogP contribution in [0.25, 0.3) is 0 Å². The third-order valence-corrected chi connectivity index (χ3v) is 4.53. The lowest BCUT2D eigenvalue weighted by Crippen LogP contribution is -2.41. The molecular weight excluding hydrogens is 293 g/mol. The first kappa shape index (κ1) is 15.3. The van der Waals surface area contributed by atoms with E-state index in [2.05, 4.69) is 5.32 Å². The average Bonchev–Trinajstić information content (AvgIpc) is 3.31. The largest absolute Gasteiger partial charge is 0.416 e. The van der Waals surface area contributed by atoms with Gasteiger partial charge in [0.15, 0.2) is 0 Å². The van der Waals surface area contributed by atoms with E-state index in [1.165, 1.54) is 6.07 Å². The molecule has 120 valence electrons. The lowest BCUT2D eigenvalue weighted by molar-refractivity contribution is -0.138. The fourth-order valence-electron chi connectivity index (χ4n) is 3.10. The van der Waals surface area contributed by atoms with Gasteiger partial charge in [-0.25, -0.2) is 0 Å². The van der Waals surface area contributed by atoms with Gasteiger partial charge >= 0.3 is 6.18 Å². The molecule has 3 rings (SSSR count). The topological polar surface area (TPSA) is 32.3 Å². The first-order chi connectivity index (χ1) is 10.4. The average molecular weight is 312 g/mol. The summed E-state index contributed by atoms with van der Waals surface area (Å²) >= 11 is 0. The van der Waals surface area contributed by atoms with Crippen LogP contribution in [0.3, 0.4) is 0 Å². The predicted octanol–water partition coefficient (Wildman–Crippen LogP) is 2.56. The van der Waals surface area contributed by atoms with E-state index < -0.39 is 17.2 Å². The van der Waals surface area contributed by atoms with Gasteiger partial charge in [0, 0.05) is 19.6 Å². The Morgan fingerprint density at radius 3 is 2.64 bits per heavy atom. The van der Waals surface area contributed by atoms with Gasteiger partial charge in [0.1, 0.15) is 0 Å². The number of halogens is 3. The summed E-state index contributed by atoms with van der Waals surface area (Å²) in [6.07, 6.45) is -2.22. The third-order valence-electron chi connectivity index (χ3n) is 4.53. The zero-order valence-electron chi connectivity index (χ0n) is 12.2. The Bertz CT molecular complexity index is 559. The van der Waals surface area contributed by atoms with Gasteiger partial charge in [-0.15, -0.1) is 0 Å². The summed E-state index contributed by atoms with van der Waals surface area (Å²) in [5, 5.41) is 3.23. The zero-order valence-corrected chi connectivity index (χ0v) is 12.2. The van der Waals surface area contributed by atoms with Crippen LogP contribution in [-0.2, 0) is 16.4 Å². The Labute approximate surface area is 127 Å². The maximum atomic E-state index is 12.9. The van der Waals surface area contributed by atoms with Crippen LogP contribution in [-0.4, -0.2) is 37.0 Å². The highest BCUT2D eigenvalue weighted by Gasteiger charge is 2.53. The summed E-state index contributed by atoms with van der Waals surface area (Å²) in [5.41, 5.74) is -0.905. The number of carbonyl (C=O) groups is 1. The highest BCUT2D eigenvalue weighted by atomic mass is 19.4. The number of alkyl halides is 3. The summed E-state index contributed by atoms with van der Waals surface area (Å²) in [7, 11) is 0. The zero-order chi connectivity index (χ0) is 15.8. The van der Waals surface area contributed by atoms with E-state index in [1.807, 2.05) is 0 Å². The van der Waals surface area contributed by atoms with Crippen molar-refractivity contribution in [2.24, 2.45) is 0 Å². The first-order valence-electron chi connectivity index (χ1n) is 7.61. The molecule has 1 aromatic rings. The molecule has 1 saturated carbocycles. The molecule has 1 aromatic carbocycles. The van der Waals surface area contributed by atoms with Crippen LogP contribution < -0.4 is 5.32 Å². The number of nitrogens with one attached hydrogen (secondary N) is 1. The summed E-state index contributed by atoms with van der Waals surface area (Å²) in [5.74, 6) is -0.0180. The van der Waals surface area contributed by atoms with Crippen LogP contribution in [0.4, 0.5) is 13.2 Å². The minimum absolute atomic E-state index is 0.0180. The molecular formula is C16H19F3N2O. The Hall–Kier alpha value is -1.56. The number of rotatable bonds is 2. The monoisotopic (exact) mass is 312 g/mol. The number of hydrogen-bond acceptors (Lipinski definition) is 2. The fourth-order valence-corrected chi connectivity index (χ4v) is 3.10. The second-order valence-corrected chi connectivity index (χ2v) is 6.06. The molecule has 1 saturated heterocycles. The molecule has 0 spiro atoms. The number of hydrogen-bond donors (Lipinski definition) is 1. The van der Waals surface area contributed by atoms with Crippen LogP contribution >= 0.6 is 0 Å². The van der Waals surface area contributed by atoms with Gasteiger partial charge < -0.3 is 10.2 Å². The van der Waals surface area contributed by atoms with E-state index in [1.54, 1.807) is 11.0 Å². The van der Waals surface area contributed by atoms with Crippen LogP contribution in [0.5, 0.6) is 0 Å². The van der Waals surface area contributed by atoms with Gasteiger partial charge in [-0.2, -0.15) is 13.2 Å². The standard InChI is InChI=1S/C16H19F3N2O/c17-16(18,19)13-4-1-3-12(11-13)15(5-6-15)14(22)21-9-2-7-20-8-10-21/h1,3-4,11,20H,2,5-10H2. The van der Waals surface area contributed by atoms with Gasteiger partial charge in [0.05, 0.1) is 11.0 Å². The highest BCUT2D eigenvalue weighted by Crippen LogP contribution is 2.50. The van der Waals surface area contributed by atoms with E-state index >= 15 is 0 Å². The normalized spacial score (nSPS) is 21.3. The van der Waals surface area contributed by atoms with Crippen molar-refractivity contribution in [3.63, 3.8) is 0 Å². The van der Waals surface area contributed by atoms with Crippen molar-refractivity contribution in [2.45, 2.75) is 30.9 Å². The van der Waals surface area contributed by atoms with E-state index in [0.29, 0.717) is 31.5 Å². The first-order valence-corrected chi connectivity index (χ1v) is 7.61. The summed E-state index contributed by atoms with van der Waals surface area (Å²) in [6, 6.07) is 5.24. The molecule has 2 fully saturated rings. The quantitative estimate of drug-likeness (QED) is 0.910. The number of carbonyl (C=O) groups excluding carboxylic acids is 1. The molecule has 1 aliphatic carbocycles. The van der Waals surface area contributed by atoms with Crippen molar-refractivity contribution in [1.82, 2.24) is 10.2 Å². The Morgan fingerprint density at radius 2 is 1.95 bits per heavy atom. The molecule has 0 bridgehead atoms. The van der Waals surface area contributed by atoms with Crippen molar-refractivity contribution in [2.75, 3.05) is 26.2 Å².